The topological polar surface area (TPSA) is 77.4 Å². The lowest BCUT2D eigenvalue weighted by Crippen LogP contribution is -2.12. The Morgan fingerprint density at radius 1 is 1.00 bits per heavy atom. The molecule has 0 bridgehead atoms. The number of nitrogens with zero attached hydrogens (tertiary/aromatic N) is 1. The van der Waals surface area contributed by atoms with Gasteiger partial charge in [0.05, 0.1) is 24.3 Å². The van der Waals surface area contributed by atoms with Crippen molar-refractivity contribution in [3.8, 4) is 11.5 Å². The van der Waals surface area contributed by atoms with Crippen molar-refractivity contribution in [2.75, 3.05) is 13.7 Å². The summed E-state index contributed by atoms with van der Waals surface area (Å²) in [5.74, 6) is 0.629. The van der Waals surface area contributed by atoms with Gasteiger partial charge in [0, 0.05) is 0 Å². The zero-order valence-corrected chi connectivity index (χ0v) is 20.2. The number of hydrogen-bond donors (Lipinski definition) is 1. The van der Waals surface area contributed by atoms with E-state index in [1.807, 2.05) is 54.6 Å². The van der Waals surface area contributed by atoms with E-state index in [9.17, 15) is 9.90 Å². The van der Waals surface area contributed by atoms with E-state index in [0.29, 0.717) is 33.7 Å². The van der Waals surface area contributed by atoms with Gasteiger partial charge in [-0.15, -0.1) is 0 Å². The molecule has 0 spiro atoms. The lowest BCUT2D eigenvalue weighted by Gasteiger charge is -2.07. The first-order valence-corrected chi connectivity index (χ1v) is 11.9. The summed E-state index contributed by atoms with van der Waals surface area (Å²) >= 11 is 1.21. The van der Waals surface area contributed by atoms with Crippen LogP contribution in [0.5, 0.6) is 11.5 Å². The highest BCUT2D eigenvalue weighted by molar-refractivity contribution is 8.18. The molecule has 0 aliphatic carbocycles. The van der Waals surface area contributed by atoms with Crippen molar-refractivity contribution in [1.82, 2.24) is 0 Å². The van der Waals surface area contributed by atoms with Crippen molar-refractivity contribution in [1.29, 1.82) is 0 Å². The molecule has 0 unspecified atom stereocenters. The molecule has 4 rings (SSSR count). The summed E-state index contributed by atoms with van der Waals surface area (Å²) in [4.78, 5) is 17.7. The number of aliphatic hydroxyl groups is 1. The molecule has 0 radical (unpaired) electrons. The van der Waals surface area contributed by atoms with Gasteiger partial charge in [0.1, 0.15) is 34.5 Å². The minimum absolute atomic E-state index is 0.0513. The predicted molar refractivity (Wildman–Crippen MR) is 139 cm³/mol. The van der Waals surface area contributed by atoms with Gasteiger partial charge in [-0.05, 0) is 60.5 Å². The monoisotopic (exact) mass is 487 g/mol. The maximum atomic E-state index is 12.6. The van der Waals surface area contributed by atoms with Crippen molar-refractivity contribution in [3.63, 3.8) is 0 Å². The van der Waals surface area contributed by atoms with E-state index in [-0.39, 0.29) is 17.9 Å². The van der Waals surface area contributed by atoms with Gasteiger partial charge in [0.15, 0.2) is 0 Å². The number of methoxy groups -OCH3 is 1. The molecule has 6 nitrogen and oxygen atoms in total. The van der Waals surface area contributed by atoms with Crippen molar-refractivity contribution < 1.29 is 24.1 Å². The van der Waals surface area contributed by atoms with Gasteiger partial charge in [-0.25, -0.2) is 9.79 Å². The summed E-state index contributed by atoms with van der Waals surface area (Å²) in [5, 5.41) is 11.3. The first-order chi connectivity index (χ1) is 17.1. The Kier molecular flexibility index (Phi) is 7.90. The summed E-state index contributed by atoms with van der Waals surface area (Å²) in [6, 6.07) is 24.6. The number of aliphatic hydroxyl groups excluding tert-OH is 1. The maximum absolute atomic E-state index is 12.6. The third-order valence-corrected chi connectivity index (χ3v) is 6.10. The molecule has 3 aromatic rings. The normalized spacial score (nSPS) is 15.5. The number of ether oxygens (including phenoxy) is 3. The van der Waals surface area contributed by atoms with E-state index >= 15 is 0 Å². The van der Waals surface area contributed by atoms with Gasteiger partial charge in [-0.1, -0.05) is 54.2 Å². The molecule has 1 aliphatic rings. The quantitative estimate of drug-likeness (QED) is 0.367. The Bertz CT molecular complexity index is 1280. The number of rotatable bonds is 8. The van der Waals surface area contributed by atoms with Crippen molar-refractivity contribution in [2.24, 2.45) is 4.99 Å². The molecule has 0 fully saturated rings. The van der Waals surface area contributed by atoms with Crippen molar-refractivity contribution in [3.05, 3.63) is 106 Å². The van der Waals surface area contributed by atoms with Crippen LogP contribution in [0.1, 0.15) is 18.1 Å². The van der Waals surface area contributed by atoms with Crippen LogP contribution >= 0.6 is 11.8 Å². The van der Waals surface area contributed by atoms with Crippen LogP contribution in [0, 0.1) is 0 Å². The van der Waals surface area contributed by atoms with Gasteiger partial charge < -0.3 is 19.3 Å². The van der Waals surface area contributed by atoms with Crippen LogP contribution < -0.4 is 9.47 Å². The van der Waals surface area contributed by atoms with E-state index < -0.39 is 5.97 Å². The molecule has 1 N–H and O–H groups in total. The Morgan fingerprint density at radius 2 is 1.77 bits per heavy atom. The van der Waals surface area contributed by atoms with Crippen LogP contribution in [0.4, 0.5) is 5.69 Å². The largest absolute Gasteiger partial charge is 0.506 e. The fourth-order valence-electron chi connectivity index (χ4n) is 3.35. The number of aliphatic imine (C=N–C) groups is 1. The van der Waals surface area contributed by atoms with Crippen LogP contribution in [0.2, 0.25) is 0 Å². The lowest BCUT2D eigenvalue weighted by atomic mass is 10.1. The molecule has 0 amide bonds. The molecule has 1 aliphatic heterocycles. The van der Waals surface area contributed by atoms with Gasteiger partial charge in [0.25, 0.3) is 0 Å². The second-order valence-corrected chi connectivity index (χ2v) is 8.55. The molecule has 0 atom stereocenters. The summed E-state index contributed by atoms with van der Waals surface area (Å²) < 4.78 is 16.3. The third kappa shape index (κ3) is 6.13. The molecule has 3 aromatic carbocycles. The van der Waals surface area contributed by atoms with Crippen LogP contribution in [0.15, 0.2) is 100 Å². The Hall–Kier alpha value is -3.97. The fourth-order valence-corrected chi connectivity index (χ4v) is 4.39. The Balaban J connectivity index is 1.60. The van der Waals surface area contributed by atoms with E-state index in [4.69, 9.17) is 14.2 Å². The van der Waals surface area contributed by atoms with E-state index in [2.05, 4.69) is 4.99 Å². The first-order valence-electron chi connectivity index (χ1n) is 11.1. The number of carbonyl (C=O) groups excluding carboxylic acids is 1. The van der Waals surface area contributed by atoms with Gasteiger partial charge >= 0.3 is 5.97 Å². The molecule has 0 saturated carbocycles. The Labute approximate surface area is 208 Å². The zero-order chi connectivity index (χ0) is 24.6. The highest BCUT2D eigenvalue weighted by Gasteiger charge is 2.33. The average Bonchev–Trinajstić information content (AvgIpc) is 3.18. The number of esters is 1. The summed E-state index contributed by atoms with van der Waals surface area (Å²) in [6.07, 6.45) is 1.80. The molecule has 7 heteroatoms. The molecule has 0 aromatic heterocycles. The standard InChI is InChI=1S/C28H25NO5S/c1-3-33-28(31)25-26(30)24(35-27(25)29-21-12-14-22(32-2)15-13-21)17-20-10-7-11-23(16-20)34-18-19-8-5-4-6-9-19/h4-17,30H,3,18H2,1-2H3/b24-17+,29-27?. The van der Waals surface area contributed by atoms with Crippen LogP contribution in [-0.4, -0.2) is 29.8 Å². The highest BCUT2D eigenvalue weighted by atomic mass is 32.2. The smallest absolute Gasteiger partial charge is 0.344 e. The van der Waals surface area contributed by atoms with Gasteiger partial charge in [-0.3, -0.25) is 0 Å². The van der Waals surface area contributed by atoms with Crippen LogP contribution in [0.3, 0.4) is 0 Å². The van der Waals surface area contributed by atoms with Gasteiger partial charge in [-0.2, -0.15) is 0 Å². The minimum Gasteiger partial charge on any atom is -0.506 e. The second kappa shape index (κ2) is 11.4. The second-order valence-electron chi connectivity index (χ2n) is 7.52. The molecule has 1 heterocycles. The molecular weight excluding hydrogens is 462 g/mol. The number of hydrogen-bond acceptors (Lipinski definition) is 7. The van der Waals surface area contributed by atoms with E-state index in [1.54, 1.807) is 44.4 Å². The molecule has 35 heavy (non-hydrogen) atoms. The van der Waals surface area contributed by atoms with E-state index in [0.717, 1.165) is 11.1 Å². The molecule has 0 saturated heterocycles. The summed E-state index contributed by atoms with van der Waals surface area (Å²) in [6.45, 7) is 2.36. The van der Waals surface area contributed by atoms with Crippen LogP contribution in [0.25, 0.3) is 6.08 Å². The van der Waals surface area contributed by atoms with Crippen molar-refractivity contribution in [2.45, 2.75) is 13.5 Å². The predicted octanol–water partition coefficient (Wildman–Crippen LogP) is 6.47. The number of carbonyl (C=O) groups is 1. The third-order valence-electron chi connectivity index (χ3n) is 5.08. The summed E-state index contributed by atoms with van der Waals surface area (Å²) in [5.41, 5.74) is 2.57. The first kappa shape index (κ1) is 24.2. The molecule has 178 valence electrons. The number of thioether (sulfide) groups is 1. The SMILES string of the molecule is CCOC(=O)C1=C(O)/C(=C\c2cccc(OCc3ccccc3)c2)SC1=Nc1ccc(OC)cc1. The lowest BCUT2D eigenvalue weighted by molar-refractivity contribution is -0.138. The zero-order valence-electron chi connectivity index (χ0n) is 19.4. The number of benzene rings is 3. The van der Waals surface area contributed by atoms with Gasteiger partial charge in [0.2, 0.25) is 0 Å². The summed E-state index contributed by atoms with van der Waals surface area (Å²) in [7, 11) is 1.59. The van der Waals surface area contributed by atoms with E-state index in [1.165, 1.54) is 11.8 Å². The molecular formula is C28H25NO5S. The van der Waals surface area contributed by atoms with Crippen molar-refractivity contribution >= 4 is 34.5 Å². The average molecular weight is 488 g/mol. The maximum Gasteiger partial charge on any atom is 0.344 e. The fraction of sp³-hybridized carbons (Fsp3) is 0.143. The van der Waals surface area contributed by atoms with Crippen LogP contribution in [-0.2, 0) is 16.1 Å². The Morgan fingerprint density at radius 3 is 2.49 bits per heavy atom. The highest BCUT2D eigenvalue weighted by Crippen LogP contribution is 2.40. The minimum atomic E-state index is -0.617.